The van der Waals surface area contributed by atoms with Crippen molar-refractivity contribution in [3.05, 3.63) is 0 Å². The van der Waals surface area contributed by atoms with E-state index in [1.807, 2.05) is 13.8 Å². The van der Waals surface area contributed by atoms with Crippen LogP contribution in [-0.2, 0) is 19.6 Å². The van der Waals surface area contributed by atoms with E-state index in [2.05, 4.69) is 6.92 Å². The van der Waals surface area contributed by atoms with Gasteiger partial charge in [-0.25, -0.2) is 8.42 Å². The van der Waals surface area contributed by atoms with Gasteiger partial charge < -0.3 is 9.29 Å². The molecule has 0 rings (SSSR count). The van der Waals surface area contributed by atoms with Gasteiger partial charge in [-0.3, -0.25) is 4.79 Å². The standard InChI is InChI=1S/C16H32O5S.Na/c1-4-7-9-10-12-15(22(18,19)20)16(17)21-13-14(6-3)11-8-5-2;/h14-15H,4-13H2,1-3H3,(H,18,19,20);/q;+1/p-1. The Kier molecular flexibility index (Phi) is 16.4. The molecule has 0 bridgehead atoms. The first-order chi connectivity index (χ1) is 10.4. The van der Waals surface area contributed by atoms with Crippen molar-refractivity contribution in [2.75, 3.05) is 6.61 Å². The van der Waals surface area contributed by atoms with Crippen LogP contribution in [0.1, 0.15) is 78.6 Å². The zero-order chi connectivity index (χ0) is 17.0. The molecule has 2 unspecified atom stereocenters. The fraction of sp³-hybridized carbons (Fsp3) is 0.938. The summed E-state index contributed by atoms with van der Waals surface area (Å²) in [5, 5.41) is -1.55. The Balaban J connectivity index is 0. The Hall–Kier alpha value is 0.380. The van der Waals surface area contributed by atoms with Gasteiger partial charge in [0.15, 0.2) is 0 Å². The van der Waals surface area contributed by atoms with Crippen LogP contribution in [0, 0.1) is 5.92 Å². The van der Waals surface area contributed by atoms with Crippen LogP contribution in [-0.4, -0.2) is 30.8 Å². The fourth-order valence-electron chi connectivity index (χ4n) is 2.33. The van der Waals surface area contributed by atoms with E-state index in [-0.39, 0.29) is 48.5 Å². The van der Waals surface area contributed by atoms with Crippen LogP contribution in [0.15, 0.2) is 0 Å². The van der Waals surface area contributed by atoms with Crippen molar-refractivity contribution >= 4 is 16.1 Å². The number of rotatable bonds is 13. The molecule has 0 radical (unpaired) electrons. The molecule has 132 valence electrons. The van der Waals surface area contributed by atoms with Gasteiger partial charge in [-0.2, -0.15) is 0 Å². The second-order valence-electron chi connectivity index (χ2n) is 5.88. The summed E-state index contributed by atoms with van der Waals surface area (Å²) in [6, 6.07) is 0. The first-order valence-corrected chi connectivity index (χ1v) is 9.95. The smallest absolute Gasteiger partial charge is 0.747 e. The Bertz CT molecular complexity index is 397. The number of unbranched alkanes of at least 4 members (excludes halogenated alkanes) is 4. The second kappa shape index (κ2) is 14.7. The van der Waals surface area contributed by atoms with Gasteiger partial charge in [0.2, 0.25) is 0 Å². The first kappa shape index (κ1) is 25.6. The summed E-state index contributed by atoms with van der Waals surface area (Å²) in [6.45, 7) is 6.35. The molecule has 0 aliphatic rings. The van der Waals surface area contributed by atoms with E-state index >= 15 is 0 Å². The van der Waals surface area contributed by atoms with Gasteiger partial charge in [0.05, 0.1) is 6.61 Å². The van der Waals surface area contributed by atoms with Crippen LogP contribution in [0.5, 0.6) is 0 Å². The summed E-state index contributed by atoms with van der Waals surface area (Å²) in [4.78, 5) is 11.9. The molecule has 0 aromatic rings. The molecular weight excluding hydrogens is 327 g/mol. The molecule has 5 nitrogen and oxygen atoms in total. The van der Waals surface area contributed by atoms with Crippen molar-refractivity contribution in [3.63, 3.8) is 0 Å². The van der Waals surface area contributed by atoms with E-state index in [0.717, 1.165) is 44.9 Å². The van der Waals surface area contributed by atoms with Crippen molar-refractivity contribution < 1.29 is 52.1 Å². The molecule has 0 saturated carbocycles. The van der Waals surface area contributed by atoms with Gasteiger partial charge in [-0.1, -0.05) is 65.7 Å². The molecule has 0 N–H and O–H groups in total. The average Bonchev–Trinajstić information content (AvgIpc) is 2.45. The number of hydrogen-bond acceptors (Lipinski definition) is 5. The van der Waals surface area contributed by atoms with Crippen LogP contribution >= 0.6 is 0 Å². The van der Waals surface area contributed by atoms with Gasteiger partial charge in [0.1, 0.15) is 15.4 Å². The zero-order valence-electron chi connectivity index (χ0n) is 15.2. The van der Waals surface area contributed by atoms with Crippen molar-refractivity contribution in [1.29, 1.82) is 0 Å². The van der Waals surface area contributed by atoms with Crippen LogP contribution in [0.2, 0.25) is 0 Å². The molecule has 7 heteroatoms. The molecule has 0 aromatic carbocycles. The zero-order valence-corrected chi connectivity index (χ0v) is 18.0. The summed E-state index contributed by atoms with van der Waals surface area (Å²) >= 11 is 0. The molecular formula is C16H31NaO5S. The van der Waals surface area contributed by atoms with E-state index in [4.69, 9.17) is 4.74 Å². The van der Waals surface area contributed by atoms with Gasteiger partial charge in [0.25, 0.3) is 0 Å². The van der Waals surface area contributed by atoms with Crippen LogP contribution in [0.25, 0.3) is 0 Å². The minimum atomic E-state index is -4.65. The number of carbonyl (C=O) groups excluding carboxylic acids is 1. The molecule has 23 heavy (non-hydrogen) atoms. The van der Waals surface area contributed by atoms with E-state index in [0.29, 0.717) is 6.42 Å². The Labute approximate surface area is 164 Å². The molecule has 0 aliphatic heterocycles. The van der Waals surface area contributed by atoms with Gasteiger partial charge >= 0.3 is 35.5 Å². The Morgan fingerprint density at radius 2 is 1.61 bits per heavy atom. The molecule has 0 fully saturated rings. The maximum atomic E-state index is 11.9. The third-order valence-electron chi connectivity index (χ3n) is 3.94. The molecule has 2 atom stereocenters. The third-order valence-corrected chi connectivity index (χ3v) is 5.06. The second-order valence-corrected chi connectivity index (χ2v) is 7.43. The van der Waals surface area contributed by atoms with Crippen molar-refractivity contribution in [2.45, 2.75) is 83.8 Å². The third kappa shape index (κ3) is 12.4. The minimum absolute atomic E-state index is 0. The maximum absolute atomic E-state index is 11.9. The summed E-state index contributed by atoms with van der Waals surface area (Å²) in [5.41, 5.74) is 0. The van der Waals surface area contributed by atoms with E-state index in [1.165, 1.54) is 0 Å². The SMILES string of the molecule is CCCCCCC(C(=O)OCC(CC)CCCC)S(=O)(=O)[O-].[Na+]. The first-order valence-electron chi connectivity index (χ1n) is 8.48. The van der Waals surface area contributed by atoms with Gasteiger partial charge in [-0.15, -0.1) is 0 Å². The topological polar surface area (TPSA) is 83.5 Å². The van der Waals surface area contributed by atoms with Crippen molar-refractivity contribution in [1.82, 2.24) is 0 Å². The summed E-state index contributed by atoms with van der Waals surface area (Å²) < 4.78 is 38.9. The quantitative estimate of drug-likeness (QED) is 0.209. The van der Waals surface area contributed by atoms with Crippen molar-refractivity contribution in [3.8, 4) is 0 Å². The number of carbonyl (C=O) groups is 1. The van der Waals surface area contributed by atoms with E-state index < -0.39 is 21.3 Å². The average molecular weight is 358 g/mol. The summed E-state index contributed by atoms with van der Waals surface area (Å²) in [6.07, 6.45) is 7.37. The monoisotopic (exact) mass is 358 g/mol. The number of esters is 1. The molecule has 0 aliphatic carbocycles. The van der Waals surface area contributed by atoms with Crippen molar-refractivity contribution in [2.24, 2.45) is 5.92 Å². The predicted octanol–water partition coefficient (Wildman–Crippen LogP) is 0.634. The Morgan fingerprint density at radius 3 is 2.09 bits per heavy atom. The number of ether oxygens (including phenoxy) is 1. The van der Waals surface area contributed by atoms with Crippen LogP contribution in [0.3, 0.4) is 0 Å². The molecule has 0 saturated heterocycles. The molecule has 0 aromatic heterocycles. The summed E-state index contributed by atoms with van der Waals surface area (Å²) in [5.74, 6) is -0.638. The number of hydrogen-bond donors (Lipinski definition) is 0. The van der Waals surface area contributed by atoms with Gasteiger partial charge in [-0.05, 0) is 18.8 Å². The largest absolute Gasteiger partial charge is 1.00 e. The molecule has 0 heterocycles. The minimum Gasteiger partial charge on any atom is -0.747 e. The fourth-order valence-corrected chi connectivity index (χ4v) is 3.09. The molecule has 0 amide bonds. The van der Waals surface area contributed by atoms with Crippen LogP contribution in [0.4, 0.5) is 0 Å². The van der Waals surface area contributed by atoms with Gasteiger partial charge in [0, 0.05) is 0 Å². The van der Waals surface area contributed by atoms with E-state index in [1.54, 1.807) is 0 Å². The maximum Gasteiger partial charge on any atom is 1.00 e. The predicted molar refractivity (Wildman–Crippen MR) is 86.5 cm³/mol. The van der Waals surface area contributed by atoms with Crippen LogP contribution < -0.4 is 29.6 Å². The molecule has 0 spiro atoms. The summed E-state index contributed by atoms with van der Waals surface area (Å²) in [7, 11) is -4.65. The normalized spacial score (nSPS) is 13.9. The van der Waals surface area contributed by atoms with E-state index in [9.17, 15) is 17.8 Å². The Morgan fingerprint density at radius 1 is 1.00 bits per heavy atom.